The first-order valence-electron chi connectivity index (χ1n) is 6.13. The van der Waals surface area contributed by atoms with Crippen LogP contribution >= 0.6 is 11.6 Å². The zero-order valence-corrected chi connectivity index (χ0v) is 10.8. The van der Waals surface area contributed by atoms with Gasteiger partial charge in [0.2, 0.25) is 0 Å². The number of halogens is 1. The Morgan fingerprint density at radius 2 is 2.06 bits per heavy atom. The van der Waals surface area contributed by atoms with Crippen LogP contribution in [0.15, 0.2) is 24.3 Å². The molecule has 16 heavy (non-hydrogen) atoms. The number of nitrogens with one attached hydrogen (secondary N) is 1. The molecule has 1 fully saturated rings. The van der Waals surface area contributed by atoms with E-state index in [1.165, 1.54) is 24.8 Å². The maximum atomic E-state index is 5.93. The van der Waals surface area contributed by atoms with Crippen molar-refractivity contribution in [3.8, 4) is 0 Å². The topological polar surface area (TPSA) is 12.0 Å². The Hall–Kier alpha value is -0.530. The molecular weight excluding hydrogens is 218 g/mol. The Kier molecular flexibility index (Phi) is 3.56. The molecule has 1 aliphatic rings. The number of benzene rings is 1. The van der Waals surface area contributed by atoms with Crippen molar-refractivity contribution in [1.29, 1.82) is 0 Å². The van der Waals surface area contributed by atoms with Gasteiger partial charge >= 0.3 is 0 Å². The van der Waals surface area contributed by atoms with Crippen LogP contribution < -0.4 is 5.32 Å². The van der Waals surface area contributed by atoms with Crippen LogP contribution in [-0.2, 0) is 5.41 Å². The lowest BCUT2D eigenvalue weighted by Crippen LogP contribution is -2.28. The molecule has 88 valence electrons. The smallest absolute Gasteiger partial charge is 0.0406 e. The highest BCUT2D eigenvalue weighted by molar-refractivity contribution is 6.30. The molecule has 0 heterocycles. The third kappa shape index (κ3) is 2.41. The number of rotatable bonds is 3. The molecule has 1 saturated carbocycles. The van der Waals surface area contributed by atoms with E-state index in [0.29, 0.717) is 11.5 Å². The summed E-state index contributed by atoms with van der Waals surface area (Å²) in [6.07, 6.45) is 3.79. The van der Waals surface area contributed by atoms with E-state index in [2.05, 4.69) is 31.3 Å². The Bertz CT molecular complexity index is 346. The van der Waals surface area contributed by atoms with Gasteiger partial charge in [-0.3, -0.25) is 0 Å². The average molecular weight is 238 g/mol. The minimum atomic E-state index is 0.331. The van der Waals surface area contributed by atoms with Crippen LogP contribution in [0.25, 0.3) is 0 Å². The van der Waals surface area contributed by atoms with Crippen molar-refractivity contribution in [2.24, 2.45) is 0 Å². The van der Waals surface area contributed by atoms with Gasteiger partial charge in [0.15, 0.2) is 0 Å². The summed E-state index contributed by atoms with van der Waals surface area (Å²) in [6, 6.07) is 9.05. The summed E-state index contributed by atoms with van der Waals surface area (Å²) >= 11 is 5.93. The first kappa shape index (κ1) is 11.9. The molecule has 0 aliphatic heterocycles. The van der Waals surface area contributed by atoms with Crippen LogP contribution in [0.5, 0.6) is 0 Å². The molecule has 2 rings (SSSR count). The predicted molar refractivity (Wildman–Crippen MR) is 70.1 cm³/mol. The van der Waals surface area contributed by atoms with Gasteiger partial charge in [0.05, 0.1) is 0 Å². The molecule has 1 nitrogen and oxygen atoms in total. The van der Waals surface area contributed by atoms with E-state index in [4.69, 9.17) is 11.6 Å². The minimum absolute atomic E-state index is 0.331. The molecule has 0 radical (unpaired) electrons. The Morgan fingerprint density at radius 1 is 1.38 bits per heavy atom. The molecule has 0 amide bonds. The summed E-state index contributed by atoms with van der Waals surface area (Å²) in [4.78, 5) is 0. The highest BCUT2D eigenvalue weighted by Gasteiger charge is 2.35. The Morgan fingerprint density at radius 3 is 2.69 bits per heavy atom. The van der Waals surface area contributed by atoms with Gasteiger partial charge in [-0.05, 0) is 48.9 Å². The first-order chi connectivity index (χ1) is 7.64. The van der Waals surface area contributed by atoms with E-state index < -0.39 is 0 Å². The zero-order chi connectivity index (χ0) is 11.6. The first-order valence-corrected chi connectivity index (χ1v) is 6.51. The third-order valence-electron chi connectivity index (χ3n) is 3.78. The maximum Gasteiger partial charge on any atom is 0.0406 e. The van der Waals surface area contributed by atoms with E-state index in [9.17, 15) is 0 Å². The molecule has 0 aromatic heterocycles. The number of hydrogen-bond acceptors (Lipinski definition) is 1. The van der Waals surface area contributed by atoms with Crippen molar-refractivity contribution in [3.63, 3.8) is 0 Å². The Balaban J connectivity index is 2.12. The fourth-order valence-corrected chi connectivity index (χ4v) is 2.94. The summed E-state index contributed by atoms with van der Waals surface area (Å²) in [6.45, 7) is 5.62. The SMILES string of the molecule is CCNC1CCC(C)(c2ccc(Cl)cc2)C1. The number of hydrogen-bond donors (Lipinski definition) is 1. The normalized spacial score (nSPS) is 29.6. The van der Waals surface area contributed by atoms with Gasteiger partial charge < -0.3 is 5.32 Å². The lowest BCUT2D eigenvalue weighted by Gasteiger charge is -2.25. The summed E-state index contributed by atoms with van der Waals surface area (Å²) in [5.41, 5.74) is 1.76. The standard InChI is InChI=1S/C14H20ClN/c1-3-16-13-8-9-14(2,10-13)11-4-6-12(15)7-5-11/h4-7,13,16H,3,8-10H2,1-2H3. The van der Waals surface area contributed by atoms with Crippen LogP contribution in [0.2, 0.25) is 5.02 Å². The highest BCUT2D eigenvalue weighted by Crippen LogP contribution is 2.40. The van der Waals surface area contributed by atoms with Gasteiger partial charge in [-0.1, -0.05) is 37.6 Å². The molecule has 0 bridgehead atoms. The van der Waals surface area contributed by atoms with Crippen molar-refractivity contribution >= 4 is 11.6 Å². The van der Waals surface area contributed by atoms with E-state index in [-0.39, 0.29) is 0 Å². The van der Waals surface area contributed by atoms with Crippen molar-refractivity contribution in [1.82, 2.24) is 5.32 Å². The van der Waals surface area contributed by atoms with E-state index in [1.807, 2.05) is 12.1 Å². The highest BCUT2D eigenvalue weighted by atomic mass is 35.5. The molecule has 1 N–H and O–H groups in total. The van der Waals surface area contributed by atoms with E-state index >= 15 is 0 Å². The molecule has 2 unspecified atom stereocenters. The van der Waals surface area contributed by atoms with Crippen LogP contribution in [0.1, 0.15) is 38.7 Å². The predicted octanol–water partition coefficient (Wildman–Crippen LogP) is 3.76. The fourth-order valence-electron chi connectivity index (χ4n) is 2.82. The molecule has 1 aliphatic carbocycles. The van der Waals surface area contributed by atoms with Crippen LogP contribution in [0, 0.1) is 0 Å². The summed E-state index contributed by atoms with van der Waals surface area (Å²) in [7, 11) is 0. The van der Waals surface area contributed by atoms with Gasteiger partial charge in [0.1, 0.15) is 0 Å². The average Bonchev–Trinajstić information content (AvgIpc) is 2.63. The maximum absolute atomic E-state index is 5.93. The van der Waals surface area contributed by atoms with Crippen LogP contribution in [0.4, 0.5) is 0 Å². The zero-order valence-electron chi connectivity index (χ0n) is 10.1. The van der Waals surface area contributed by atoms with Crippen molar-refractivity contribution < 1.29 is 0 Å². The summed E-state index contributed by atoms with van der Waals surface area (Å²) < 4.78 is 0. The molecule has 2 atom stereocenters. The van der Waals surface area contributed by atoms with E-state index in [0.717, 1.165) is 11.6 Å². The quantitative estimate of drug-likeness (QED) is 0.844. The van der Waals surface area contributed by atoms with Gasteiger partial charge in [0, 0.05) is 11.1 Å². The van der Waals surface area contributed by atoms with Gasteiger partial charge in [-0.25, -0.2) is 0 Å². The van der Waals surface area contributed by atoms with Crippen LogP contribution in [0.3, 0.4) is 0 Å². The second-order valence-electron chi connectivity index (χ2n) is 5.06. The molecule has 0 spiro atoms. The molecule has 0 saturated heterocycles. The molecule has 1 aromatic rings. The second-order valence-corrected chi connectivity index (χ2v) is 5.50. The molecule has 2 heteroatoms. The third-order valence-corrected chi connectivity index (χ3v) is 4.03. The lowest BCUT2D eigenvalue weighted by atomic mass is 9.81. The Labute approximate surface area is 103 Å². The molecular formula is C14H20ClN. The minimum Gasteiger partial charge on any atom is -0.314 e. The fraction of sp³-hybridized carbons (Fsp3) is 0.571. The largest absolute Gasteiger partial charge is 0.314 e. The van der Waals surface area contributed by atoms with Gasteiger partial charge in [-0.15, -0.1) is 0 Å². The van der Waals surface area contributed by atoms with Crippen molar-refractivity contribution in [2.75, 3.05) is 6.54 Å². The van der Waals surface area contributed by atoms with Gasteiger partial charge in [-0.2, -0.15) is 0 Å². The molecule has 1 aromatic carbocycles. The summed E-state index contributed by atoms with van der Waals surface area (Å²) in [5.74, 6) is 0. The monoisotopic (exact) mass is 237 g/mol. The van der Waals surface area contributed by atoms with E-state index in [1.54, 1.807) is 0 Å². The van der Waals surface area contributed by atoms with Crippen LogP contribution in [-0.4, -0.2) is 12.6 Å². The summed E-state index contributed by atoms with van der Waals surface area (Å²) in [5, 5.41) is 4.38. The van der Waals surface area contributed by atoms with Gasteiger partial charge in [0.25, 0.3) is 0 Å². The second kappa shape index (κ2) is 4.77. The lowest BCUT2D eigenvalue weighted by molar-refractivity contribution is 0.458. The van der Waals surface area contributed by atoms with Crippen molar-refractivity contribution in [3.05, 3.63) is 34.9 Å². The van der Waals surface area contributed by atoms with Crippen molar-refractivity contribution in [2.45, 2.75) is 44.6 Å².